The van der Waals surface area contributed by atoms with Gasteiger partial charge >= 0.3 is 5.97 Å². The Labute approximate surface area is 282 Å². The van der Waals surface area contributed by atoms with Crippen LogP contribution in [0.4, 0.5) is 0 Å². The monoisotopic (exact) mass is 695 g/mol. The minimum absolute atomic E-state index is 0.0301. The second kappa shape index (κ2) is 12.3. The third-order valence-corrected chi connectivity index (χ3v) is 9.33. The van der Waals surface area contributed by atoms with Gasteiger partial charge in [-0.15, -0.1) is 0 Å². The number of carbonyl (C=O) groups excluding carboxylic acids is 3. The number of aliphatic carboxylic acids is 1. The molecule has 2 aliphatic carbocycles. The number of carbonyl (C=O) groups is 4. The van der Waals surface area contributed by atoms with Gasteiger partial charge in [-0.2, -0.15) is 0 Å². The second-order valence-electron chi connectivity index (χ2n) is 12.4. The molecule has 0 radical (unpaired) electrons. The SMILES string of the molecule is COc1cc(O)c2c(c1)C(=O)c1c(cc3c(c1O)-c1c(cc(C)c(C(=O)N[C@H](C)C(=O)O)c1O)[C@H](O[C@H]1O[C@H](C)[C@H](O)[C@H](O)[C@H]1O)[C@H]3O)C2=O. The number of nitrogens with one attached hydrogen (secondary N) is 1. The first kappa shape index (κ1) is 34.8. The molecule has 1 fully saturated rings. The molecule has 3 aliphatic rings. The summed E-state index contributed by atoms with van der Waals surface area (Å²) < 4.78 is 16.7. The van der Waals surface area contributed by atoms with Crippen LogP contribution in [0.5, 0.6) is 23.0 Å². The van der Waals surface area contributed by atoms with Crippen LogP contribution >= 0.6 is 0 Å². The molecule has 0 aromatic heterocycles. The van der Waals surface area contributed by atoms with Crippen molar-refractivity contribution in [2.45, 2.75) is 69.7 Å². The molecule has 50 heavy (non-hydrogen) atoms. The molecule has 0 saturated carbocycles. The number of amides is 1. The Morgan fingerprint density at radius 2 is 1.46 bits per heavy atom. The highest BCUT2D eigenvalue weighted by atomic mass is 16.7. The molecule has 1 heterocycles. The molecular formula is C34H33NO15. The number of phenols is 3. The highest BCUT2D eigenvalue weighted by molar-refractivity contribution is 6.31. The molecule has 8 atom stereocenters. The number of rotatable bonds is 6. The van der Waals surface area contributed by atoms with Crippen molar-refractivity contribution in [2.75, 3.05) is 7.11 Å². The average molecular weight is 696 g/mol. The summed E-state index contributed by atoms with van der Waals surface area (Å²) in [5.41, 5.74) is -3.19. The van der Waals surface area contributed by atoms with E-state index in [0.29, 0.717) is 0 Å². The Morgan fingerprint density at radius 1 is 0.840 bits per heavy atom. The van der Waals surface area contributed by atoms with Gasteiger partial charge in [0.2, 0.25) is 0 Å². The maximum atomic E-state index is 13.9. The van der Waals surface area contributed by atoms with E-state index in [0.717, 1.165) is 12.1 Å². The summed E-state index contributed by atoms with van der Waals surface area (Å²) >= 11 is 0. The Bertz CT molecular complexity index is 1990. The van der Waals surface area contributed by atoms with Crippen molar-refractivity contribution in [3.63, 3.8) is 0 Å². The van der Waals surface area contributed by atoms with Crippen molar-refractivity contribution in [1.29, 1.82) is 0 Å². The lowest BCUT2D eigenvalue weighted by molar-refractivity contribution is -0.312. The minimum Gasteiger partial charge on any atom is -0.507 e. The number of hydrogen-bond acceptors (Lipinski definition) is 14. The zero-order valence-electron chi connectivity index (χ0n) is 26.9. The summed E-state index contributed by atoms with van der Waals surface area (Å²) in [7, 11) is 1.27. The number of hydrogen-bond donors (Lipinski definition) is 9. The smallest absolute Gasteiger partial charge is 0.325 e. The molecule has 3 aromatic carbocycles. The van der Waals surface area contributed by atoms with Crippen LogP contribution in [0, 0.1) is 6.92 Å². The molecule has 0 unspecified atom stereocenters. The fraction of sp³-hybridized carbons (Fsp3) is 0.353. The Hall–Kier alpha value is -5.10. The van der Waals surface area contributed by atoms with E-state index in [1.54, 1.807) is 0 Å². The molecule has 264 valence electrons. The summed E-state index contributed by atoms with van der Waals surface area (Å²) in [4.78, 5) is 52.5. The molecule has 16 heteroatoms. The van der Waals surface area contributed by atoms with Crippen molar-refractivity contribution in [3.05, 3.63) is 68.8 Å². The largest absolute Gasteiger partial charge is 0.507 e. The Morgan fingerprint density at radius 3 is 2.10 bits per heavy atom. The van der Waals surface area contributed by atoms with Gasteiger partial charge in [-0.25, -0.2) is 0 Å². The zero-order chi connectivity index (χ0) is 36.7. The van der Waals surface area contributed by atoms with E-state index in [2.05, 4.69) is 5.32 Å². The molecule has 1 amide bonds. The average Bonchev–Trinajstić information content (AvgIpc) is 3.06. The van der Waals surface area contributed by atoms with Crippen LogP contribution in [0.25, 0.3) is 11.1 Å². The van der Waals surface area contributed by atoms with Gasteiger partial charge in [0, 0.05) is 28.3 Å². The lowest BCUT2D eigenvalue weighted by Crippen LogP contribution is -2.57. The number of aliphatic hydroxyl groups excluding tert-OH is 4. The summed E-state index contributed by atoms with van der Waals surface area (Å²) in [5, 5.41) is 89.0. The minimum atomic E-state index is -1.84. The maximum Gasteiger partial charge on any atom is 0.325 e. The molecule has 0 spiro atoms. The fourth-order valence-electron chi connectivity index (χ4n) is 6.68. The number of carboxylic acids is 1. The number of fused-ring (bicyclic) bond motifs is 5. The first-order valence-electron chi connectivity index (χ1n) is 15.3. The normalized spacial score (nSPS) is 25.9. The van der Waals surface area contributed by atoms with E-state index in [1.165, 1.54) is 40.0 Å². The predicted molar refractivity (Wildman–Crippen MR) is 167 cm³/mol. The van der Waals surface area contributed by atoms with Gasteiger partial charge in [0.25, 0.3) is 5.91 Å². The van der Waals surface area contributed by atoms with Gasteiger partial charge in [0.1, 0.15) is 59.6 Å². The highest BCUT2D eigenvalue weighted by Crippen LogP contribution is 2.57. The first-order chi connectivity index (χ1) is 23.5. The maximum absolute atomic E-state index is 13.9. The van der Waals surface area contributed by atoms with Crippen LogP contribution in [0.2, 0.25) is 0 Å². The number of ether oxygens (including phenoxy) is 3. The van der Waals surface area contributed by atoms with Gasteiger partial charge in [-0.05, 0) is 49.6 Å². The molecule has 0 bridgehead atoms. The number of benzene rings is 3. The van der Waals surface area contributed by atoms with Crippen LogP contribution in [-0.4, -0.2) is 108 Å². The third kappa shape index (κ3) is 5.15. The van der Waals surface area contributed by atoms with Crippen LogP contribution < -0.4 is 10.1 Å². The van der Waals surface area contributed by atoms with E-state index in [1.807, 2.05) is 0 Å². The van der Waals surface area contributed by atoms with Crippen LogP contribution in [0.15, 0.2) is 24.3 Å². The van der Waals surface area contributed by atoms with Crippen molar-refractivity contribution < 1.29 is 74.2 Å². The first-order valence-corrected chi connectivity index (χ1v) is 15.3. The number of methoxy groups -OCH3 is 1. The van der Waals surface area contributed by atoms with Crippen molar-refractivity contribution in [3.8, 4) is 34.1 Å². The summed E-state index contributed by atoms with van der Waals surface area (Å²) in [5.74, 6) is -6.50. The number of ketones is 2. The number of carboxylic acid groups (broad SMARTS) is 1. The van der Waals surface area contributed by atoms with Gasteiger partial charge in [0.05, 0.1) is 29.9 Å². The van der Waals surface area contributed by atoms with Gasteiger partial charge in [0.15, 0.2) is 17.9 Å². The highest BCUT2D eigenvalue weighted by Gasteiger charge is 2.48. The predicted octanol–water partition coefficient (Wildman–Crippen LogP) is 0.698. The van der Waals surface area contributed by atoms with Crippen molar-refractivity contribution in [1.82, 2.24) is 5.32 Å². The van der Waals surface area contributed by atoms with Crippen molar-refractivity contribution in [2.24, 2.45) is 0 Å². The van der Waals surface area contributed by atoms with Gasteiger partial charge < -0.3 is 60.4 Å². The van der Waals surface area contributed by atoms with E-state index < -0.39 is 112 Å². The topological polar surface area (TPSA) is 270 Å². The Balaban J connectivity index is 1.60. The van der Waals surface area contributed by atoms with Gasteiger partial charge in [-0.3, -0.25) is 19.2 Å². The molecule has 16 nitrogen and oxygen atoms in total. The van der Waals surface area contributed by atoms with Crippen LogP contribution in [0.1, 0.15) is 84.9 Å². The number of aryl methyl sites for hydroxylation is 1. The molecule has 9 N–H and O–H groups in total. The van der Waals surface area contributed by atoms with Gasteiger partial charge in [-0.1, -0.05) is 6.07 Å². The fourth-order valence-corrected chi connectivity index (χ4v) is 6.68. The van der Waals surface area contributed by atoms with Crippen molar-refractivity contribution >= 4 is 23.4 Å². The van der Waals surface area contributed by atoms with Crippen LogP contribution in [0.3, 0.4) is 0 Å². The number of phenolic OH excluding ortho intramolecular Hbond substituents is 3. The summed E-state index contributed by atoms with van der Waals surface area (Å²) in [6, 6.07) is 3.27. The Kier molecular flexibility index (Phi) is 8.58. The quantitative estimate of drug-likeness (QED) is 0.134. The standard InChI is InChI=1S/C34H33NO15/c1-9-5-16-21(27(41)18(9)32(45)35-10(2)33(46)47)20-14(26(40)31(16)50-34-30(44)29(43)23(37)11(3)49-34)8-15-22(28(20)42)25(39)13-6-12(48-4)7-17(36)19(13)24(15)38/h5-8,10-11,23,26,29-31,34,36-37,40-44H,1-4H3,(H,35,45)(H,46,47)/t10-,11-,23+,26+,29+,30-,31+,34-/m1/s1. The molecule has 1 saturated heterocycles. The second-order valence-corrected chi connectivity index (χ2v) is 12.4. The lowest BCUT2D eigenvalue weighted by Gasteiger charge is -2.42. The number of aliphatic hydroxyl groups is 4. The molecule has 1 aliphatic heterocycles. The van der Waals surface area contributed by atoms with E-state index in [-0.39, 0.29) is 39.1 Å². The molecule has 6 rings (SSSR count). The third-order valence-electron chi connectivity index (χ3n) is 9.33. The van der Waals surface area contributed by atoms with Crippen LogP contribution in [-0.2, 0) is 14.3 Å². The number of aromatic hydroxyl groups is 3. The summed E-state index contributed by atoms with van der Waals surface area (Å²) in [6.07, 6.45) is -11.3. The summed E-state index contributed by atoms with van der Waals surface area (Å²) in [6.45, 7) is 3.97. The van der Waals surface area contributed by atoms with E-state index in [4.69, 9.17) is 14.2 Å². The lowest BCUT2D eigenvalue weighted by atomic mass is 9.74. The molecule has 3 aromatic rings. The van der Waals surface area contributed by atoms with E-state index >= 15 is 0 Å². The molecular weight excluding hydrogens is 662 g/mol. The van der Waals surface area contributed by atoms with E-state index in [9.17, 15) is 60.0 Å². The zero-order valence-corrected chi connectivity index (χ0v) is 26.9.